The first-order valence-corrected chi connectivity index (χ1v) is 15.5. The molecule has 218 valence electrons. The van der Waals surface area contributed by atoms with Crippen molar-refractivity contribution in [3.63, 3.8) is 0 Å². The van der Waals surface area contributed by atoms with E-state index >= 15 is 0 Å². The Morgan fingerprint density at radius 1 is 0.611 bits per heavy atom. The van der Waals surface area contributed by atoms with E-state index in [2.05, 4.69) is 48.5 Å². The molecule has 0 rings (SSSR count). The molecule has 0 heterocycles. The highest BCUT2D eigenvalue weighted by atomic mass is 16.3. The van der Waals surface area contributed by atoms with Crippen molar-refractivity contribution in [2.24, 2.45) is 46.8 Å². The minimum Gasteiger partial charge on any atom is -0.396 e. The van der Waals surface area contributed by atoms with Gasteiger partial charge in [-0.15, -0.1) is 0 Å². The molecule has 0 bridgehead atoms. The second-order valence-corrected chi connectivity index (χ2v) is 12.8. The van der Waals surface area contributed by atoms with E-state index < -0.39 is 0 Å². The molecule has 0 aromatic heterocycles. The molecule has 0 saturated heterocycles. The monoisotopic (exact) mass is 514 g/mol. The van der Waals surface area contributed by atoms with Gasteiger partial charge in [0.25, 0.3) is 0 Å². The van der Waals surface area contributed by atoms with E-state index in [0.29, 0.717) is 42.1 Å². The van der Waals surface area contributed by atoms with Gasteiger partial charge in [0.2, 0.25) is 0 Å². The maximum Gasteiger partial charge on any atom is 0.0487 e. The van der Waals surface area contributed by atoms with E-state index in [1.54, 1.807) is 0 Å². The summed E-state index contributed by atoms with van der Waals surface area (Å²) in [5.41, 5.74) is -0.0674. The van der Waals surface area contributed by atoms with Crippen molar-refractivity contribution in [1.29, 1.82) is 0 Å². The summed E-state index contributed by atoms with van der Waals surface area (Å²) >= 11 is 0. The molecule has 4 nitrogen and oxygen atoms in total. The number of hydrogen-bond donors (Lipinski definition) is 4. The van der Waals surface area contributed by atoms with Gasteiger partial charge in [0.05, 0.1) is 0 Å². The third-order valence-electron chi connectivity index (χ3n) is 9.77. The molecule has 0 spiro atoms. The zero-order valence-electron chi connectivity index (χ0n) is 25.4. The molecule has 0 saturated carbocycles. The summed E-state index contributed by atoms with van der Waals surface area (Å²) in [6.45, 7) is 17.1. The van der Waals surface area contributed by atoms with E-state index in [9.17, 15) is 20.4 Å². The molecule has 0 aromatic carbocycles. The highest BCUT2D eigenvalue weighted by Gasteiger charge is 2.38. The average Bonchev–Trinajstić information content (AvgIpc) is 2.85. The first-order chi connectivity index (χ1) is 17.1. The van der Waals surface area contributed by atoms with Crippen molar-refractivity contribution in [2.75, 3.05) is 26.4 Å². The molecule has 0 aliphatic heterocycles. The summed E-state index contributed by atoms with van der Waals surface area (Å²) in [4.78, 5) is 0. The van der Waals surface area contributed by atoms with Gasteiger partial charge in [-0.3, -0.25) is 0 Å². The zero-order chi connectivity index (χ0) is 27.6. The minimum atomic E-state index is -0.0674. The van der Waals surface area contributed by atoms with Crippen molar-refractivity contribution >= 4 is 0 Å². The lowest BCUT2D eigenvalue weighted by Crippen LogP contribution is -2.37. The topological polar surface area (TPSA) is 80.9 Å². The molecular formula is C32H66O4. The quantitative estimate of drug-likeness (QED) is 0.108. The van der Waals surface area contributed by atoms with Gasteiger partial charge >= 0.3 is 0 Å². The second kappa shape index (κ2) is 20.8. The molecule has 0 aliphatic carbocycles. The molecule has 0 amide bonds. The Labute approximate surface area is 225 Å². The third kappa shape index (κ3) is 14.1. The van der Waals surface area contributed by atoms with Gasteiger partial charge in [-0.1, -0.05) is 93.4 Å². The number of aliphatic hydroxyl groups is 4. The smallest absolute Gasteiger partial charge is 0.0487 e. The van der Waals surface area contributed by atoms with Gasteiger partial charge in [-0.25, -0.2) is 0 Å². The lowest BCUT2D eigenvalue weighted by molar-refractivity contribution is 0.0158. The lowest BCUT2D eigenvalue weighted by Gasteiger charge is -2.43. The van der Waals surface area contributed by atoms with Crippen LogP contribution in [0.3, 0.4) is 0 Å². The summed E-state index contributed by atoms with van der Waals surface area (Å²) in [6.07, 6.45) is 14.3. The highest BCUT2D eigenvalue weighted by Crippen LogP contribution is 2.45. The van der Waals surface area contributed by atoms with E-state index in [-0.39, 0.29) is 25.2 Å². The summed E-state index contributed by atoms with van der Waals surface area (Å²) in [5, 5.41) is 38.7. The van der Waals surface area contributed by atoms with Gasteiger partial charge in [-0.2, -0.15) is 0 Å². The molecule has 0 aromatic rings. The van der Waals surface area contributed by atoms with Gasteiger partial charge < -0.3 is 20.4 Å². The van der Waals surface area contributed by atoms with Crippen molar-refractivity contribution in [3.8, 4) is 0 Å². The van der Waals surface area contributed by atoms with Crippen molar-refractivity contribution in [2.45, 2.75) is 132 Å². The van der Waals surface area contributed by atoms with Crippen molar-refractivity contribution in [1.82, 2.24) is 0 Å². The van der Waals surface area contributed by atoms with E-state index in [4.69, 9.17) is 0 Å². The average molecular weight is 515 g/mol. The van der Waals surface area contributed by atoms with Gasteiger partial charge in [0, 0.05) is 26.4 Å². The molecule has 0 radical (unpaired) electrons. The fourth-order valence-corrected chi connectivity index (χ4v) is 6.55. The number of aliphatic hydroxyl groups excluding tert-OH is 4. The Morgan fingerprint density at radius 2 is 1.17 bits per heavy atom. The lowest BCUT2D eigenvalue weighted by atomic mass is 9.63. The first-order valence-electron chi connectivity index (χ1n) is 15.5. The predicted octanol–water partition coefficient (Wildman–Crippen LogP) is 7.47. The normalized spacial score (nSPS) is 19.8. The van der Waals surface area contributed by atoms with Gasteiger partial charge in [0.15, 0.2) is 0 Å². The van der Waals surface area contributed by atoms with E-state index in [1.165, 1.54) is 32.1 Å². The Bertz CT molecular complexity index is 499. The van der Waals surface area contributed by atoms with Crippen LogP contribution in [-0.4, -0.2) is 46.9 Å². The summed E-state index contributed by atoms with van der Waals surface area (Å²) in [5.74, 6) is 3.97. The van der Waals surface area contributed by atoms with Crippen LogP contribution in [0.4, 0.5) is 0 Å². The predicted molar refractivity (Wildman–Crippen MR) is 155 cm³/mol. The Balaban J connectivity index is 5.36. The molecule has 36 heavy (non-hydrogen) atoms. The molecule has 4 heteroatoms. The zero-order valence-corrected chi connectivity index (χ0v) is 25.4. The molecular weight excluding hydrogens is 448 g/mol. The van der Waals surface area contributed by atoms with Crippen LogP contribution < -0.4 is 0 Å². The number of hydrogen-bond acceptors (Lipinski definition) is 4. The van der Waals surface area contributed by atoms with Gasteiger partial charge in [-0.05, 0) is 85.4 Å². The molecule has 0 aliphatic rings. The van der Waals surface area contributed by atoms with Crippen LogP contribution in [0.15, 0.2) is 0 Å². The SMILES string of the molecule is CCC(CCCC(C)(CO)C(CC)C(CCC(C)CCO)CC(C)C(C)CCO)CCC(C)CCO. The van der Waals surface area contributed by atoms with Crippen LogP contribution in [0.5, 0.6) is 0 Å². The second-order valence-electron chi connectivity index (χ2n) is 12.8. The Morgan fingerprint density at radius 3 is 1.64 bits per heavy atom. The standard InChI is InChI=1S/C32H66O4/c1-8-29(14-12-25(3)16-20-33)11-10-19-32(7,24-36)31(9-2)30(15-13-26(4)17-21-34)23-28(6)27(5)18-22-35/h25-31,33-36H,8-24H2,1-7H3. The number of rotatable bonds is 24. The fourth-order valence-electron chi connectivity index (χ4n) is 6.55. The van der Waals surface area contributed by atoms with E-state index in [1.807, 2.05) is 0 Å². The molecule has 4 N–H and O–H groups in total. The maximum atomic E-state index is 10.7. The molecule has 8 unspecified atom stereocenters. The van der Waals surface area contributed by atoms with Crippen LogP contribution >= 0.6 is 0 Å². The Kier molecular flexibility index (Phi) is 20.7. The largest absolute Gasteiger partial charge is 0.396 e. The first kappa shape index (κ1) is 35.8. The van der Waals surface area contributed by atoms with Crippen LogP contribution in [0.25, 0.3) is 0 Å². The van der Waals surface area contributed by atoms with Crippen molar-refractivity contribution < 1.29 is 20.4 Å². The van der Waals surface area contributed by atoms with Crippen LogP contribution in [0, 0.1) is 46.8 Å². The van der Waals surface area contributed by atoms with Crippen molar-refractivity contribution in [3.05, 3.63) is 0 Å². The summed E-state index contributed by atoms with van der Waals surface area (Å²) in [6, 6.07) is 0. The third-order valence-corrected chi connectivity index (χ3v) is 9.77. The summed E-state index contributed by atoms with van der Waals surface area (Å²) < 4.78 is 0. The van der Waals surface area contributed by atoms with Gasteiger partial charge in [0.1, 0.15) is 0 Å². The molecule has 0 fully saturated rings. The molecule has 8 atom stereocenters. The van der Waals surface area contributed by atoms with Crippen LogP contribution in [0.1, 0.15) is 132 Å². The summed E-state index contributed by atoms with van der Waals surface area (Å²) in [7, 11) is 0. The van der Waals surface area contributed by atoms with Crippen LogP contribution in [-0.2, 0) is 0 Å². The minimum absolute atomic E-state index is 0.0674. The fraction of sp³-hybridized carbons (Fsp3) is 1.00. The van der Waals surface area contributed by atoms with Crippen LogP contribution in [0.2, 0.25) is 0 Å². The highest BCUT2D eigenvalue weighted by molar-refractivity contribution is 4.88. The maximum absolute atomic E-state index is 10.7. The Hall–Kier alpha value is -0.160. The van der Waals surface area contributed by atoms with E-state index in [0.717, 1.165) is 57.3 Å².